The summed E-state index contributed by atoms with van der Waals surface area (Å²) in [5.74, 6) is -0.139. The monoisotopic (exact) mass is 256 g/mol. The summed E-state index contributed by atoms with van der Waals surface area (Å²) in [7, 11) is 0. The molecule has 0 unspecified atom stereocenters. The summed E-state index contributed by atoms with van der Waals surface area (Å²) in [6.07, 6.45) is 5.26. The number of amides is 1. The van der Waals surface area contributed by atoms with Gasteiger partial charge in [-0.05, 0) is 18.6 Å². The van der Waals surface area contributed by atoms with E-state index in [1.165, 1.54) is 18.7 Å². The second kappa shape index (κ2) is 5.95. The van der Waals surface area contributed by atoms with Gasteiger partial charge in [-0.1, -0.05) is 19.1 Å². The van der Waals surface area contributed by atoms with Gasteiger partial charge >= 0.3 is 0 Å². The maximum absolute atomic E-state index is 12.5. The van der Waals surface area contributed by atoms with Crippen molar-refractivity contribution in [1.29, 1.82) is 0 Å². The van der Waals surface area contributed by atoms with Gasteiger partial charge in [0.15, 0.2) is 0 Å². The number of rotatable bonds is 4. The first-order valence-corrected chi connectivity index (χ1v) is 6.15. The van der Waals surface area contributed by atoms with Crippen molar-refractivity contribution in [2.75, 3.05) is 17.2 Å². The van der Waals surface area contributed by atoms with E-state index in [2.05, 4.69) is 9.97 Å². The highest BCUT2D eigenvalue weighted by Crippen LogP contribution is 2.24. The Morgan fingerprint density at radius 1 is 1.26 bits per heavy atom. The molecule has 0 spiro atoms. The number of para-hydroxylation sites is 2. The standard InChI is InChI=1S/C14H16N4O/c1-2-7-18(13-6-4-3-5-12(13)15)14(19)11-8-16-10-17-9-11/h3-6,8-10H,2,7,15H2,1H3. The Morgan fingerprint density at radius 2 is 1.95 bits per heavy atom. The molecule has 98 valence electrons. The van der Waals surface area contributed by atoms with Crippen LogP contribution in [0.2, 0.25) is 0 Å². The third-order valence-corrected chi connectivity index (χ3v) is 2.73. The predicted molar refractivity (Wildman–Crippen MR) is 74.9 cm³/mol. The zero-order valence-corrected chi connectivity index (χ0v) is 10.8. The first kappa shape index (κ1) is 13.0. The molecule has 0 aliphatic heterocycles. The lowest BCUT2D eigenvalue weighted by Gasteiger charge is -2.23. The molecule has 2 aromatic rings. The van der Waals surface area contributed by atoms with Crippen LogP contribution in [-0.2, 0) is 0 Å². The van der Waals surface area contributed by atoms with E-state index in [-0.39, 0.29) is 5.91 Å². The lowest BCUT2D eigenvalue weighted by atomic mass is 10.2. The average molecular weight is 256 g/mol. The van der Waals surface area contributed by atoms with Crippen LogP contribution in [0.4, 0.5) is 11.4 Å². The van der Waals surface area contributed by atoms with Gasteiger partial charge in [0.2, 0.25) is 0 Å². The SMILES string of the molecule is CCCN(C(=O)c1cncnc1)c1ccccc1N. The van der Waals surface area contributed by atoms with E-state index in [1.54, 1.807) is 11.0 Å². The van der Waals surface area contributed by atoms with Crippen LogP contribution in [0.15, 0.2) is 43.0 Å². The van der Waals surface area contributed by atoms with Crippen LogP contribution in [0.5, 0.6) is 0 Å². The fraction of sp³-hybridized carbons (Fsp3) is 0.214. The first-order chi connectivity index (χ1) is 9.24. The largest absolute Gasteiger partial charge is 0.397 e. The van der Waals surface area contributed by atoms with Crippen molar-refractivity contribution in [1.82, 2.24) is 9.97 Å². The fourth-order valence-corrected chi connectivity index (χ4v) is 1.85. The minimum atomic E-state index is -0.139. The average Bonchev–Trinajstić information content (AvgIpc) is 2.46. The third-order valence-electron chi connectivity index (χ3n) is 2.73. The summed E-state index contributed by atoms with van der Waals surface area (Å²) >= 11 is 0. The van der Waals surface area contributed by atoms with Gasteiger partial charge in [-0.25, -0.2) is 9.97 Å². The number of nitrogens with zero attached hydrogens (tertiary/aromatic N) is 3. The number of nitrogens with two attached hydrogens (primary N) is 1. The van der Waals surface area contributed by atoms with Crippen molar-refractivity contribution in [3.63, 3.8) is 0 Å². The highest BCUT2D eigenvalue weighted by molar-refractivity contribution is 6.07. The molecule has 0 aliphatic carbocycles. The van der Waals surface area contributed by atoms with Crippen LogP contribution in [0, 0.1) is 0 Å². The zero-order valence-electron chi connectivity index (χ0n) is 10.8. The Bertz CT molecular complexity index is 556. The molecule has 19 heavy (non-hydrogen) atoms. The summed E-state index contributed by atoms with van der Waals surface area (Å²) in [5.41, 5.74) is 7.71. The molecular formula is C14H16N4O. The smallest absolute Gasteiger partial charge is 0.261 e. The molecule has 0 bridgehead atoms. The quantitative estimate of drug-likeness (QED) is 0.850. The van der Waals surface area contributed by atoms with Crippen molar-refractivity contribution in [3.8, 4) is 0 Å². The number of aromatic nitrogens is 2. The molecule has 0 aliphatic rings. The van der Waals surface area contributed by atoms with Crippen molar-refractivity contribution in [2.24, 2.45) is 0 Å². The van der Waals surface area contributed by atoms with Crippen LogP contribution < -0.4 is 10.6 Å². The third kappa shape index (κ3) is 2.88. The van der Waals surface area contributed by atoms with E-state index < -0.39 is 0 Å². The summed E-state index contributed by atoms with van der Waals surface area (Å²) in [6.45, 7) is 2.61. The molecule has 5 heteroatoms. The number of hydrogen-bond donors (Lipinski definition) is 1. The van der Waals surface area contributed by atoms with E-state index in [4.69, 9.17) is 5.73 Å². The van der Waals surface area contributed by atoms with Crippen LogP contribution in [0.3, 0.4) is 0 Å². The molecule has 2 N–H and O–H groups in total. The number of anilines is 2. The Kier molecular flexibility index (Phi) is 4.07. The molecule has 2 rings (SSSR count). The van der Waals surface area contributed by atoms with Gasteiger partial charge in [0, 0.05) is 18.9 Å². The number of benzene rings is 1. The van der Waals surface area contributed by atoms with Crippen molar-refractivity contribution in [2.45, 2.75) is 13.3 Å². The first-order valence-electron chi connectivity index (χ1n) is 6.15. The topological polar surface area (TPSA) is 72.1 Å². The van der Waals surface area contributed by atoms with Crippen LogP contribution in [0.1, 0.15) is 23.7 Å². The predicted octanol–water partition coefficient (Wildman–Crippen LogP) is 2.12. The maximum Gasteiger partial charge on any atom is 0.261 e. The van der Waals surface area contributed by atoms with Gasteiger partial charge in [0.1, 0.15) is 6.33 Å². The van der Waals surface area contributed by atoms with E-state index in [0.29, 0.717) is 17.8 Å². The lowest BCUT2D eigenvalue weighted by Crippen LogP contribution is -2.32. The van der Waals surface area contributed by atoms with Gasteiger partial charge in [-0.15, -0.1) is 0 Å². The molecule has 0 fully saturated rings. The van der Waals surface area contributed by atoms with Crippen LogP contribution in [0.25, 0.3) is 0 Å². The summed E-state index contributed by atoms with van der Waals surface area (Å²) < 4.78 is 0. The Morgan fingerprint density at radius 3 is 2.58 bits per heavy atom. The number of carbonyl (C=O) groups excluding carboxylic acids is 1. The number of carbonyl (C=O) groups is 1. The summed E-state index contributed by atoms with van der Waals surface area (Å²) in [4.78, 5) is 21.9. The zero-order chi connectivity index (χ0) is 13.7. The highest BCUT2D eigenvalue weighted by atomic mass is 16.2. The molecule has 0 saturated carbocycles. The molecule has 1 heterocycles. The minimum Gasteiger partial charge on any atom is -0.397 e. The van der Waals surface area contributed by atoms with Crippen molar-refractivity contribution in [3.05, 3.63) is 48.5 Å². The molecular weight excluding hydrogens is 240 g/mol. The number of hydrogen-bond acceptors (Lipinski definition) is 4. The summed E-state index contributed by atoms with van der Waals surface area (Å²) in [5, 5.41) is 0. The Labute approximate surface area is 112 Å². The van der Waals surface area contributed by atoms with Gasteiger partial charge < -0.3 is 10.6 Å². The Hall–Kier alpha value is -2.43. The second-order valence-corrected chi connectivity index (χ2v) is 4.14. The molecule has 0 radical (unpaired) electrons. The molecule has 0 saturated heterocycles. The van der Waals surface area contributed by atoms with Gasteiger partial charge in [0.25, 0.3) is 5.91 Å². The fourth-order valence-electron chi connectivity index (χ4n) is 1.85. The van der Waals surface area contributed by atoms with E-state index >= 15 is 0 Å². The molecule has 1 aromatic heterocycles. The number of nitrogen functional groups attached to an aromatic ring is 1. The second-order valence-electron chi connectivity index (χ2n) is 4.14. The minimum absolute atomic E-state index is 0.139. The summed E-state index contributed by atoms with van der Waals surface area (Å²) in [6, 6.07) is 7.33. The molecule has 1 aromatic carbocycles. The van der Waals surface area contributed by atoms with E-state index in [0.717, 1.165) is 12.1 Å². The van der Waals surface area contributed by atoms with Gasteiger partial charge in [0.05, 0.1) is 16.9 Å². The van der Waals surface area contributed by atoms with Gasteiger partial charge in [-0.2, -0.15) is 0 Å². The normalized spacial score (nSPS) is 10.2. The molecule has 5 nitrogen and oxygen atoms in total. The van der Waals surface area contributed by atoms with Crippen molar-refractivity contribution >= 4 is 17.3 Å². The lowest BCUT2D eigenvalue weighted by molar-refractivity contribution is 0.0986. The maximum atomic E-state index is 12.5. The van der Waals surface area contributed by atoms with Crippen LogP contribution in [-0.4, -0.2) is 22.4 Å². The van der Waals surface area contributed by atoms with Crippen molar-refractivity contribution < 1.29 is 4.79 Å². The van der Waals surface area contributed by atoms with Gasteiger partial charge in [-0.3, -0.25) is 4.79 Å². The highest BCUT2D eigenvalue weighted by Gasteiger charge is 2.18. The molecule has 1 amide bonds. The van der Waals surface area contributed by atoms with E-state index in [9.17, 15) is 4.79 Å². The molecule has 0 atom stereocenters. The van der Waals surface area contributed by atoms with E-state index in [1.807, 2.05) is 25.1 Å². The van der Waals surface area contributed by atoms with Crippen LogP contribution >= 0.6 is 0 Å². The Balaban J connectivity index is 2.36.